The number of fused-ring (bicyclic) bond motifs is 1. The maximum absolute atomic E-state index is 5.72. The highest BCUT2D eigenvalue weighted by Gasteiger charge is 2.52. The van der Waals surface area contributed by atoms with Gasteiger partial charge in [0.05, 0.1) is 0 Å². The minimum Gasteiger partial charge on any atom is -0.353 e. The summed E-state index contributed by atoms with van der Waals surface area (Å²) in [5.41, 5.74) is 3.74. The molecule has 2 aliphatic rings. The van der Waals surface area contributed by atoms with Crippen LogP contribution in [0.5, 0.6) is 0 Å². The summed E-state index contributed by atoms with van der Waals surface area (Å²) in [6.45, 7) is 19.7. The van der Waals surface area contributed by atoms with Gasteiger partial charge in [-0.3, -0.25) is 0 Å². The number of allylic oxidation sites excluding steroid dienone is 2. The van der Waals surface area contributed by atoms with Gasteiger partial charge in [0.1, 0.15) is 0 Å². The van der Waals surface area contributed by atoms with Crippen molar-refractivity contribution in [3.63, 3.8) is 0 Å². The number of ether oxygens (including phenoxy) is 2. The molecule has 0 aliphatic heterocycles. The van der Waals surface area contributed by atoms with Crippen LogP contribution in [0.3, 0.4) is 0 Å². The van der Waals surface area contributed by atoms with Gasteiger partial charge in [-0.05, 0) is 75.5 Å². The quantitative estimate of drug-likeness (QED) is 0.345. The molecule has 3 atom stereocenters. The molecule has 0 spiro atoms. The average molecular weight is 363 g/mol. The lowest BCUT2D eigenvalue weighted by molar-refractivity contribution is -0.134. The zero-order valence-corrected chi connectivity index (χ0v) is 18.2. The lowest BCUT2D eigenvalue weighted by atomic mass is 9.47. The van der Waals surface area contributed by atoms with Crippen molar-refractivity contribution in [1.82, 2.24) is 0 Å². The van der Waals surface area contributed by atoms with Crippen LogP contribution < -0.4 is 0 Å². The van der Waals surface area contributed by atoms with Crippen LogP contribution in [0.25, 0.3) is 0 Å². The third-order valence-electron chi connectivity index (χ3n) is 7.21. The molecule has 0 aromatic rings. The molecular formula is C24H42O2. The minimum atomic E-state index is -0.104. The molecule has 0 heterocycles. The summed E-state index contributed by atoms with van der Waals surface area (Å²) in [5, 5.41) is 0. The normalized spacial score (nSPS) is 32.0. The summed E-state index contributed by atoms with van der Waals surface area (Å²) in [4.78, 5) is 0. The van der Waals surface area contributed by atoms with Gasteiger partial charge in [-0.25, -0.2) is 0 Å². The van der Waals surface area contributed by atoms with Crippen LogP contribution in [0.2, 0.25) is 0 Å². The summed E-state index contributed by atoms with van der Waals surface area (Å²) >= 11 is 0. The molecule has 2 heteroatoms. The highest BCUT2D eigenvalue weighted by Crippen LogP contribution is 2.61. The van der Waals surface area contributed by atoms with E-state index >= 15 is 0 Å². The molecule has 0 radical (unpaired) electrons. The standard InChI is InChI=1S/C24H42O2/c1-8-25-22(26-9-2)17-18(3)11-13-20-19(4)12-14-21-23(5,6)15-10-16-24(20,21)7/h11,20-22H,4,8-10,12-17H2,1-3,5-7H3/b18-11-/t20-,21?,24+/m0/s1. The van der Waals surface area contributed by atoms with E-state index < -0.39 is 0 Å². The van der Waals surface area contributed by atoms with Gasteiger partial charge in [-0.15, -0.1) is 0 Å². The topological polar surface area (TPSA) is 18.5 Å². The lowest BCUT2D eigenvalue weighted by Gasteiger charge is -2.58. The molecule has 150 valence electrons. The predicted octanol–water partition coefficient (Wildman–Crippen LogP) is 6.91. The van der Waals surface area contributed by atoms with Crippen LogP contribution in [-0.2, 0) is 9.47 Å². The van der Waals surface area contributed by atoms with Crippen LogP contribution in [0.4, 0.5) is 0 Å². The van der Waals surface area contributed by atoms with Crippen molar-refractivity contribution in [3.05, 3.63) is 23.8 Å². The summed E-state index contributed by atoms with van der Waals surface area (Å²) in [6.07, 6.45) is 11.0. The number of rotatable bonds is 8. The highest BCUT2D eigenvalue weighted by atomic mass is 16.7. The molecule has 0 aromatic carbocycles. The van der Waals surface area contributed by atoms with Crippen LogP contribution >= 0.6 is 0 Å². The summed E-state index contributed by atoms with van der Waals surface area (Å²) in [5.74, 6) is 1.45. The predicted molar refractivity (Wildman–Crippen MR) is 111 cm³/mol. The SMILES string of the molecule is C=C1CCC2C(C)(C)CCC[C@]2(C)[C@H]1C/C=C(/C)CC(OCC)OCC. The number of hydrogen-bond donors (Lipinski definition) is 0. The molecule has 2 fully saturated rings. The second-order valence-corrected chi connectivity index (χ2v) is 9.48. The van der Waals surface area contributed by atoms with E-state index in [9.17, 15) is 0 Å². The Morgan fingerprint density at radius 2 is 1.85 bits per heavy atom. The first-order valence-corrected chi connectivity index (χ1v) is 10.8. The molecular weight excluding hydrogens is 320 g/mol. The lowest BCUT2D eigenvalue weighted by Crippen LogP contribution is -2.49. The summed E-state index contributed by atoms with van der Waals surface area (Å²) in [7, 11) is 0. The van der Waals surface area contributed by atoms with Crippen molar-refractivity contribution in [2.75, 3.05) is 13.2 Å². The minimum absolute atomic E-state index is 0.104. The molecule has 0 saturated heterocycles. The smallest absolute Gasteiger partial charge is 0.161 e. The Labute approximate surface area is 162 Å². The zero-order chi connectivity index (χ0) is 19.4. The van der Waals surface area contributed by atoms with Crippen LogP contribution in [0.1, 0.15) is 86.5 Å². The van der Waals surface area contributed by atoms with Gasteiger partial charge >= 0.3 is 0 Å². The van der Waals surface area contributed by atoms with Gasteiger partial charge in [-0.2, -0.15) is 0 Å². The van der Waals surface area contributed by atoms with E-state index in [1.165, 1.54) is 43.3 Å². The Bertz CT molecular complexity index is 498. The molecule has 0 aromatic heterocycles. The fourth-order valence-corrected chi connectivity index (χ4v) is 5.91. The molecule has 0 N–H and O–H groups in total. The first-order valence-electron chi connectivity index (χ1n) is 10.8. The molecule has 0 bridgehead atoms. The zero-order valence-electron chi connectivity index (χ0n) is 18.2. The summed E-state index contributed by atoms with van der Waals surface area (Å²) in [6, 6.07) is 0. The summed E-state index contributed by atoms with van der Waals surface area (Å²) < 4.78 is 11.4. The van der Waals surface area contributed by atoms with Gasteiger partial charge in [0.15, 0.2) is 6.29 Å². The first kappa shape index (κ1) is 21.7. The van der Waals surface area contributed by atoms with E-state index in [4.69, 9.17) is 9.47 Å². The molecule has 2 aliphatic carbocycles. The van der Waals surface area contributed by atoms with Crippen LogP contribution in [0, 0.1) is 22.7 Å². The largest absolute Gasteiger partial charge is 0.353 e. The van der Waals surface area contributed by atoms with E-state index in [0.717, 1.165) is 18.8 Å². The Morgan fingerprint density at radius 3 is 2.46 bits per heavy atom. The van der Waals surface area contributed by atoms with E-state index in [-0.39, 0.29) is 6.29 Å². The molecule has 26 heavy (non-hydrogen) atoms. The van der Waals surface area contributed by atoms with Crippen LogP contribution in [0.15, 0.2) is 23.8 Å². The van der Waals surface area contributed by atoms with Crippen molar-refractivity contribution in [1.29, 1.82) is 0 Å². The van der Waals surface area contributed by atoms with Crippen molar-refractivity contribution < 1.29 is 9.47 Å². The Kier molecular flexibility index (Phi) is 7.56. The molecule has 2 saturated carbocycles. The molecule has 1 unspecified atom stereocenters. The first-order chi connectivity index (χ1) is 12.2. The Balaban J connectivity index is 2.09. The second kappa shape index (κ2) is 9.06. The van der Waals surface area contributed by atoms with Crippen molar-refractivity contribution in [2.24, 2.45) is 22.7 Å². The van der Waals surface area contributed by atoms with Crippen molar-refractivity contribution >= 4 is 0 Å². The van der Waals surface area contributed by atoms with Crippen LogP contribution in [-0.4, -0.2) is 19.5 Å². The third-order valence-corrected chi connectivity index (χ3v) is 7.21. The second-order valence-electron chi connectivity index (χ2n) is 9.48. The van der Waals surface area contributed by atoms with E-state index in [1.807, 2.05) is 13.8 Å². The fourth-order valence-electron chi connectivity index (χ4n) is 5.91. The molecule has 2 nitrogen and oxygen atoms in total. The van der Waals surface area contributed by atoms with Gasteiger partial charge in [0.25, 0.3) is 0 Å². The third kappa shape index (κ3) is 4.81. The number of hydrogen-bond acceptors (Lipinski definition) is 2. The van der Waals surface area contributed by atoms with Gasteiger partial charge < -0.3 is 9.47 Å². The Hall–Kier alpha value is -0.600. The van der Waals surface area contributed by atoms with Crippen molar-refractivity contribution in [3.8, 4) is 0 Å². The van der Waals surface area contributed by atoms with Crippen molar-refractivity contribution in [2.45, 2.75) is 92.8 Å². The van der Waals surface area contributed by atoms with E-state index in [1.54, 1.807) is 0 Å². The maximum Gasteiger partial charge on any atom is 0.161 e. The van der Waals surface area contributed by atoms with Gasteiger partial charge in [-0.1, -0.05) is 51.0 Å². The molecule has 2 rings (SSSR count). The van der Waals surface area contributed by atoms with E-state index in [2.05, 4.69) is 40.3 Å². The maximum atomic E-state index is 5.72. The monoisotopic (exact) mass is 362 g/mol. The van der Waals surface area contributed by atoms with Gasteiger partial charge in [0.2, 0.25) is 0 Å². The Morgan fingerprint density at radius 1 is 1.19 bits per heavy atom. The average Bonchev–Trinajstić information content (AvgIpc) is 2.53. The molecule has 0 amide bonds. The van der Waals surface area contributed by atoms with E-state index in [0.29, 0.717) is 30.0 Å². The van der Waals surface area contributed by atoms with Gasteiger partial charge in [0, 0.05) is 19.6 Å². The highest BCUT2D eigenvalue weighted by molar-refractivity contribution is 5.18. The fraction of sp³-hybridized carbons (Fsp3) is 0.833.